The molecule has 3 aromatic rings. The molecule has 0 aliphatic rings. The highest BCUT2D eigenvalue weighted by atomic mass is 16.7. The second-order valence-corrected chi connectivity index (χ2v) is 5.87. The van der Waals surface area contributed by atoms with Gasteiger partial charge in [-0.1, -0.05) is 17.7 Å². The summed E-state index contributed by atoms with van der Waals surface area (Å²) in [7, 11) is 0. The van der Waals surface area contributed by atoms with E-state index in [2.05, 4.69) is 48.6 Å². The summed E-state index contributed by atoms with van der Waals surface area (Å²) in [5.74, 6) is 0. The van der Waals surface area contributed by atoms with Crippen LogP contribution in [0.2, 0.25) is 0 Å². The van der Waals surface area contributed by atoms with E-state index in [1.165, 1.54) is 10.9 Å². The van der Waals surface area contributed by atoms with Crippen LogP contribution >= 0.6 is 0 Å². The van der Waals surface area contributed by atoms with E-state index >= 15 is 0 Å². The van der Waals surface area contributed by atoms with E-state index in [1.54, 1.807) is 0 Å². The summed E-state index contributed by atoms with van der Waals surface area (Å²) in [5, 5.41) is 5.56. The lowest BCUT2D eigenvalue weighted by molar-refractivity contribution is -0.103. The van der Waals surface area contributed by atoms with Gasteiger partial charge in [0.2, 0.25) is 0 Å². The van der Waals surface area contributed by atoms with Crippen molar-refractivity contribution in [3.05, 3.63) is 60.3 Å². The average molecular weight is 336 g/mol. The third-order valence-corrected chi connectivity index (χ3v) is 3.93. The van der Waals surface area contributed by atoms with Gasteiger partial charge in [0.25, 0.3) is 0 Å². The van der Waals surface area contributed by atoms with E-state index in [4.69, 9.17) is 14.5 Å². The number of aromatic nitrogens is 1. The van der Waals surface area contributed by atoms with Crippen LogP contribution in [-0.2, 0) is 9.47 Å². The molecule has 130 valence electrons. The predicted octanol–water partition coefficient (Wildman–Crippen LogP) is 5.02. The number of hydrogen-bond donors (Lipinski definition) is 1. The Bertz CT molecular complexity index is 884. The van der Waals surface area contributed by atoms with Crippen molar-refractivity contribution in [3.8, 4) is 0 Å². The molecule has 2 aromatic carbocycles. The number of aryl methyl sites for hydroxylation is 1. The lowest BCUT2D eigenvalue weighted by Crippen LogP contribution is -2.14. The fourth-order valence-electron chi connectivity index (χ4n) is 2.75. The first-order chi connectivity index (χ1) is 12.2. The van der Waals surface area contributed by atoms with Crippen molar-refractivity contribution >= 4 is 27.5 Å². The Morgan fingerprint density at radius 3 is 2.52 bits per heavy atom. The summed E-state index contributed by atoms with van der Waals surface area (Å²) in [5.41, 5.74) is 4.21. The van der Waals surface area contributed by atoms with Gasteiger partial charge in [0.05, 0.1) is 11.0 Å². The quantitative estimate of drug-likeness (QED) is 0.486. The predicted molar refractivity (Wildman–Crippen MR) is 104 cm³/mol. The first kappa shape index (κ1) is 17.4. The van der Waals surface area contributed by atoms with Crippen molar-refractivity contribution < 1.29 is 9.47 Å². The van der Waals surface area contributed by atoms with Gasteiger partial charge in [-0.3, -0.25) is 0 Å². The van der Waals surface area contributed by atoms with Crippen LogP contribution in [0, 0.1) is 6.92 Å². The van der Waals surface area contributed by atoms with Gasteiger partial charge in [0.1, 0.15) is 0 Å². The summed E-state index contributed by atoms with van der Waals surface area (Å²) in [6.45, 7) is 7.23. The minimum atomic E-state index is -0.326. The van der Waals surface area contributed by atoms with Crippen LogP contribution in [0.25, 0.3) is 21.8 Å². The number of rotatable bonds is 7. The Morgan fingerprint density at radius 2 is 1.76 bits per heavy atom. The first-order valence-electron chi connectivity index (χ1n) is 8.67. The summed E-state index contributed by atoms with van der Waals surface area (Å²) in [6.07, 6.45) is 3.39. The fraction of sp³-hybridized carbons (Fsp3) is 0.286. The van der Waals surface area contributed by atoms with E-state index in [1.807, 2.05) is 32.2 Å². The third kappa shape index (κ3) is 4.35. The second-order valence-electron chi connectivity index (χ2n) is 5.87. The number of fused-ring (bicyclic) bond motifs is 2. The monoisotopic (exact) mass is 336 g/mol. The molecule has 1 N–H and O–H groups in total. The zero-order valence-corrected chi connectivity index (χ0v) is 15.0. The number of nitrogens with one attached hydrogen (secondary N) is 1. The van der Waals surface area contributed by atoms with Crippen molar-refractivity contribution in [2.45, 2.75) is 27.1 Å². The molecule has 4 heteroatoms. The molecule has 0 fully saturated rings. The molecule has 25 heavy (non-hydrogen) atoms. The minimum Gasteiger partial charge on any atom is -0.362 e. The molecule has 0 saturated heterocycles. The Morgan fingerprint density at radius 1 is 0.960 bits per heavy atom. The Hall–Kier alpha value is -2.43. The van der Waals surface area contributed by atoms with Crippen LogP contribution in [-0.4, -0.2) is 24.5 Å². The maximum absolute atomic E-state index is 5.49. The Kier molecular flexibility index (Phi) is 5.64. The van der Waals surface area contributed by atoms with Gasteiger partial charge in [0.15, 0.2) is 6.29 Å². The van der Waals surface area contributed by atoms with Gasteiger partial charge in [-0.25, -0.2) is 4.98 Å². The molecule has 0 amide bonds. The lowest BCUT2D eigenvalue weighted by atomic mass is 10.1. The summed E-state index contributed by atoms with van der Waals surface area (Å²) in [4.78, 5) is 4.77. The summed E-state index contributed by atoms with van der Waals surface area (Å²) >= 11 is 0. The highest BCUT2D eigenvalue weighted by Gasteiger charge is 2.03. The fourth-order valence-corrected chi connectivity index (χ4v) is 2.75. The van der Waals surface area contributed by atoms with E-state index in [-0.39, 0.29) is 6.29 Å². The van der Waals surface area contributed by atoms with E-state index in [0.29, 0.717) is 13.2 Å². The highest BCUT2D eigenvalue weighted by Crippen LogP contribution is 2.23. The summed E-state index contributed by atoms with van der Waals surface area (Å²) in [6, 6.07) is 14.7. The smallest absolute Gasteiger partial charge is 0.178 e. The number of benzene rings is 2. The second kappa shape index (κ2) is 8.10. The molecule has 1 heterocycles. The molecule has 0 saturated carbocycles. The molecule has 0 atom stereocenters. The van der Waals surface area contributed by atoms with Crippen molar-refractivity contribution in [1.82, 2.24) is 4.98 Å². The lowest BCUT2D eigenvalue weighted by Gasteiger charge is -2.12. The van der Waals surface area contributed by atoms with Crippen molar-refractivity contribution in [2.24, 2.45) is 0 Å². The maximum atomic E-state index is 5.49. The first-order valence-corrected chi connectivity index (χ1v) is 8.67. The summed E-state index contributed by atoms with van der Waals surface area (Å²) < 4.78 is 11.0. The normalized spacial score (nSPS) is 11.8. The van der Waals surface area contributed by atoms with Gasteiger partial charge in [0, 0.05) is 35.9 Å². The molecule has 0 radical (unpaired) electrons. The average Bonchev–Trinajstić information content (AvgIpc) is 2.60. The molecule has 3 rings (SSSR count). The molecule has 1 aromatic heterocycles. The Labute approximate surface area is 148 Å². The van der Waals surface area contributed by atoms with Crippen LogP contribution in [0.3, 0.4) is 0 Å². The van der Waals surface area contributed by atoms with Gasteiger partial charge < -0.3 is 14.8 Å². The zero-order chi connectivity index (χ0) is 17.6. The molecule has 0 bridgehead atoms. The van der Waals surface area contributed by atoms with E-state index in [9.17, 15) is 0 Å². The van der Waals surface area contributed by atoms with Crippen LogP contribution in [0.4, 0.5) is 5.69 Å². The number of pyridine rings is 1. The molecule has 0 aliphatic carbocycles. The van der Waals surface area contributed by atoms with Crippen LogP contribution < -0.4 is 5.32 Å². The third-order valence-electron chi connectivity index (χ3n) is 3.93. The number of ether oxygens (including phenoxy) is 2. The van der Waals surface area contributed by atoms with Gasteiger partial charge in [-0.15, -0.1) is 0 Å². The largest absolute Gasteiger partial charge is 0.362 e. The minimum absolute atomic E-state index is 0.326. The van der Waals surface area contributed by atoms with E-state index in [0.717, 1.165) is 22.1 Å². The van der Waals surface area contributed by atoms with Gasteiger partial charge in [-0.2, -0.15) is 0 Å². The Balaban J connectivity index is 1.80. The number of nitrogens with zero attached hydrogens (tertiary/aromatic N) is 1. The SMILES string of the molecule is CCOC(C=CNc1ccc2cc3cc(C)ccc3nc2c1)OCC. The molecule has 0 aliphatic heterocycles. The van der Waals surface area contributed by atoms with Crippen molar-refractivity contribution in [3.63, 3.8) is 0 Å². The maximum Gasteiger partial charge on any atom is 0.178 e. The standard InChI is InChI=1S/C21H24N2O2/c1-4-24-21(25-5-2)10-11-22-18-8-7-16-13-17-12-15(3)6-9-19(17)23-20(16)14-18/h6-14,21-22H,4-5H2,1-3H3. The van der Waals surface area contributed by atoms with Crippen LogP contribution in [0.15, 0.2) is 54.7 Å². The highest BCUT2D eigenvalue weighted by molar-refractivity contribution is 5.94. The van der Waals surface area contributed by atoms with Gasteiger partial charge >= 0.3 is 0 Å². The van der Waals surface area contributed by atoms with E-state index < -0.39 is 0 Å². The van der Waals surface area contributed by atoms with Gasteiger partial charge in [-0.05, 0) is 57.2 Å². The number of anilines is 1. The zero-order valence-electron chi connectivity index (χ0n) is 15.0. The number of hydrogen-bond acceptors (Lipinski definition) is 4. The van der Waals surface area contributed by atoms with Crippen LogP contribution in [0.1, 0.15) is 19.4 Å². The molecule has 0 unspecified atom stereocenters. The molecular weight excluding hydrogens is 312 g/mol. The molecule has 0 spiro atoms. The van der Waals surface area contributed by atoms with Crippen molar-refractivity contribution in [2.75, 3.05) is 18.5 Å². The topological polar surface area (TPSA) is 43.4 Å². The molecule has 4 nitrogen and oxygen atoms in total. The van der Waals surface area contributed by atoms with Crippen LogP contribution in [0.5, 0.6) is 0 Å². The molecular formula is C21H24N2O2. The van der Waals surface area contributed by atoms with Crippen molar-refractivity contribution in [1.29, 1.82) is 0 Å².